The predicted octanol–water partition coefficient (Wildman–Crippen LogP) is 1.05. The van der Waals surface area contributed by atoms with Crippen molar-refractivity contribution in [1.29, 1.82) is 0 Å². The predicted molar refractivity (Wildman–Crippen MR) is 98.3 cm³/mol. The van der Waals surface area contributed by atoms with Crippen LogP contribution in [0, 0.1) is 0 Å². The molecule has 0 unspecified atom stereocenters. The van der Waals surface area contributed by atoms with Crippen LogP contribution in [0.2, 0.25) is 0 Å². The lowest BCUT2D eigenvalue weighted by molar-refractivity contribution is -0.143. The minimum atomic E-state index is -0.663. The van der Waals surface area contributed by atoms with E-state index in [1.54, 1.807) is 24.3 Å². The highest BCUT2D eigenvalue weighted by Crippen LogP contribution is 2.30. The lowest BCUT2D eigenvalue weighted by atomic mass is 10.2. The summed E-state index contributed by atoms with van der Waals surface area (Å²) in [5.41, 5.74) is 0.742. The molecule has 146 valence electrons. The number of carbonyl (C=O) groups is 3. The normalized spacial score (nSPS) is 13.1. The lowest BCUT2D eigenvalue weighted by Gasteiger charge is -2.09. The summed E-state index contributed by atoms with van der Waals surface area (Å²) in [5, 5.41) is 5.01. The molecule has 1 aliphatic rings. The third-order valence-corrected chi connectivity index (χ3v) is 3.42. The van der Waals surface area contributed by atoms with Crippen LogP contribution in [0.25, 0.3) is 6.08 Å². The van der Waals surface area contributed by atoms with Crippen molar-refractivity contribution in [3.63, 3.8) is 0 Å². The SMILES string of the molecule is CC(C)NC(=O)CNC(=O)COC(=O)/C=C/c1ccc2c(c1)OCCCO2. The number of benzene rings is 1. The minimum absolute atomic E-state index is 0.0118. The summed E-state index contributed by atoms with van der Waals surface area (Å²) >= 11 is 0. The molecule has 2 N–H and O–H groups in total. The van der Waals surface area contributed by atoms with Gasteiger partial charge in [0.15, 0.2) is 18.1 Å². The van der Waals surface area contributed by atoms with E-state index in [2.05, 4.69) is 10.6 Å². The summed E-state index contributed by atoms with van der Waals surface area (Å²) < 4.78 is 16.0. The zero-order valence-electron chi connectivity index (χ0n) is 15.4. The number of carbonyl (C=O) groups excluding carboxylic acids is 3. The van der Waals surface area contributed by atoms with Crippen molar-refractivity contribution < 1.29 is 28.6 Å². The Morgan fingerprint density at radius 1 is 1.15 bits per heavy atom. The summed E-state index contributed by atoms with van der Waals surface area (Å²) in [5.74, 6) is -0.221. The van der Waals surface area contributed by atoms with Crippen LogP contribution in [0.4, 0.5) is 0 Å². The van der Waals surface area contributed by atoms with Crippen LogP contribution in [0.15, 0.2) is 24.3 Å². The third-order valence-electron chi connectivity index (χ3n) is 3.42. The van der Waals surface area contributed by atoms with E-state index in [-0.39, 0.29) is 18.5 Å². The van der Waals surface area contributed by atoms with Gasteiger partial charge in [-0.2, -0.15) is 0 Å². The molecular formula is C19H24N2O6. The maximum atomic E-state index is 11.7. The van der Waals surface area contributed by atoms with Crippen molar-refractivity contribution in [3.05, 3.63) is 29.8 Å². The summed E-state index contributed by atoms with van der Waals surface area (Å²) in [6.07, 6.45) is 3.59. The number of amides is 2. The topological polar surface area (TPSA) is 103 Å². The number of nitrogens with one attached hydrogen (secondary N) is 2. The number of esters is 1. The van der Waals surface area contributed by atoms with Crippen molar-refractivity contribution in [2.24, 2.45) is 0 Å². The molecule has 0 spiro atoms. The Morgan fingerprint density at radius 3 is 2.63 bits per heavy atom. The quantitative estimate of drug-likeness (QED) is 0.545. The van der Waals surface area contributed by atoms with E-state index in [0.29, 0.717) is 24.7 Å². The molecule has 0 bridgehead atoms. The second-order valence-corrected chi connectivity index (χ2v) is 6.20. The van der Waals surface area contributed by atoms with Crippen LogP contribution in [0.5, 0.6) is 11.5 Å². The molecule has 27 heavy (non-hydrogen) atoms. The Balaban J connectivity index is 1.76. The van der Waals surface area contributed by atoms with E-state index >= 15 is 0 Å². The van der Waals surface area contributed by atoms with Gasteiger partial charge in [-0.3, -0.25) is 9.59 Å². The van der Waals surface area contributed by atoms with Crippen LogP contribution in [0.1, 0.15) is 25.8 Å². The lowest BCUT2D eigenvalue weighted by Crippen LogP contribution is -2.41. The Hall–Kier alpha value is -3.03. The first-order valence-electron chi connectivity index (χ1n) is 8.74. The highest BCUT2D eigenvalue weighted by atomic mass is 16.5. The van der Waals surface area contributed by atoms with Gasteiger partial charge in [0.05, 0.1) is 19.8 Å². The van der Waals surface area contributed by atoms with Gasteiger partial charge in [-0.1, -0.05) is 6.07 Å². The maximum Gasteiger partial charge on any atom is 0.331 e. The van der Waals surface area contributed by atoms with E-state index in [9.17, 15) is 14.4 Å². The Kier molecular flexibility index (Phi) is 7.66. The van der Waals surface area contributed by atoms with Crippen molar-refractivity contribution in [3.8, 4) is 11.5 Å². The van der Waals surface area contributed by atoms with Crippen LogP contribution >= 0.6 is 0 Å². The molecule has 2 amide bonds. The summed E-state index contributed by atoms with van der Waals surface area (Å²) in [4.78, 5) is 34.7. The zero-order chi connectivity index (χ0) is 19.6. The van der Waals surface area contributed by atoms with Crippen LogP contribution in [-0.4, -0.2) is 50.2 Å². The monoisotopic (exact) mass is 376 g/mol. The average molecular weight is 376 g/mol. The molecule has 1 aliphatic heterocycles. The van der Waals surface area contributed by atoms with Gasteiger partial charge in [-0.25, -0.2) is 4.79 Å². The number of hydrogen-bond donors (Lipinski definition) is 2. The van der Waals surface area contributed by atoms with Gasteiger partial charge in [-0.15, -0.1) is 0 Å². The molecule has 1 aromatic rings. The van der Waals surface area contributed by atoms with E-state index in [1.165, 1.54) is 6.08 Å². The zero-order valence-corrected chi connectivity index (χ0v) is 15.4. The molecule has 0 aromatic heterocycles. The molecule has 8 nitrogen and oxygen atoms in total. The molecule has 1 heterocycles. The smallest absolute Gasteiger partial charge is 0.331 e. The number of ether oxygens (including phenoxy) is 3. The molecule has 0 saturated heterocycles. The Bertz CT molecular complexity index is 714. The van der Waals surface area contributed by atoms with Crippen LogP contribution in [-0.2, 0) is 19.1 Å². The fourth-order valence-corrected chi connectivity index (χ4v) is 2.24. The molecule has 8 heteroatoms. The van der Waals surface area contributed by atoms with Gasteiger partial charge in [0.25, 0.3) is 5.91 Å². The first-order valence-corrected chi connectivity index (χ1v) is 8.74. The van der Waals surface area contributed by atoms with Gasteiger partial charge in [0.1, 0.15) is 0 Å². The summed E-state index contributed by atoms with van der Waals surface area (Å²) in [6.45, 7) is 4.19. The second-order valence-electron chi connectivity index (χ2n) is 6.20. The third kappa shape index (κ3) is 7.39. The van der Waals surface area contributed by atoms with Crippen molar-refractivity contribution in [1.82, 2.24) is 10.6 Å². The highest BCUT2D eigenvalue weighted by molar-refractivity contribution is 5.90. The van der Waals surface area contributed by atoms with Gasteiger partial charge < -0.3 is 24.8 Å². The van der Waals surface area contributed by atoms with Gasteiger partial charge in [0, 0.05) is 18.5 Å². The molecule has 0 aliphatic carbocycles. The van der Waals surface area contributed by atoms with Crippen LogP contribution < -0.4 is 20.1 Å². The maximum absolute atomic E-state index is 11.7. The number of hydrogen-bond acceptors (Lipinski definition) is 6. The first-order chi connectivity index (χ1) is 12.9. The van der Waals surface area contributed by atoms with Gasteiger partial charge in [-0.05, 0) is 37.6 Å². The van der Waals surface area contributed by atoms with E-state index in [0.717, 1.165) is 12.0 Å². The van der Waals surface area contributed by atoms with Crippen molar-refractivity contribution in [2.45, 2.75) is 26.3 Å². The average Bonchev–Trinajstić information content (AvgIpc) is 2.87. The highest BCUT2D eigenvalue weighted by Gasteiger charge is 2.11. The minimum Gasteiger partial charge on any atom is -0.490 e. The molecule has 0 atom stereocenters. The fourth-order valence-electron chi connectivity index (χ4n) is 2.24. The fraction of sp³-hybridized carbons (Fsp3) is 0.421. The summed E-state index contributed by atoms with van der Waals surface area (Å²) in [6, 6.07) is 5.32. The van der Waals surface area contributed by atoms with Crippen LogP contribution in [0.3, 0.4) is 0 Å². The van der Waals surface area contributed by atoms with E-state index in [4.69, 9.17) is 14.2 Å². The second kappa shape index (κ2) is 10.2. The van der Waals surface area contributed by atoms with E-state index in [1.807, 2.05) is 13.8 Å². The Labute approximate surface area is 157 Å². The molecule has 0 radical (unpaired) electrons. The Morgan fingerprint density at radius 2 is 1.89 bits per heavy atom. The molecule has 0 saturated carbocycles. The number of fused-ring (bicyclic) bond motifs is 1. The van der Waals surface area contributed by atoms with Crippen molar-refractivity contribution in [2.75, 3.05) is 26.4 Å². The van der Waals surface area contributed by atoms with E-state index < -0.39 is 18.5 Å². The summed E-state index contributed by atoms with van der Waals surface area (Å²) in [7, 11) is 0. The molecule has 0 fully saturated rings. The number of rotatable bonds is 7. The molecule has 1 aromatic carbocycles. The van der Waals surface area contributed by atoms with Gasteiger partial charge in [0.2, 0.25) is 5.91 Å². The molecular weight excluding hydrogens is 352 g/mol. The standard InChI is InChI=1S/C19H24N2O6/c1-13(2)21-17(22)11-20-18(23)12-27-19(24)7-5-14-4-6-15-16(10-14)26-9-3-8-25-15/h4-7,10,13H,3,8-9,11-12H2,1-2H3,(H,20,23)(H,21,22)/b7-5+. The first kappa shape index (κ1) is 20.3. The molecule has 2 rings (SSSR count). The largest absolute Gasteiger partial charge is 0.490 e. The van der Waals surface area contributed by atoms with Crippen molar-refractivity contribution >= 4 is 23.9 Å². The van der Waals surface area contributed by atoms with Gasteiger partial charge >= 0.3 is 5.97 Å².